The van der Waals surface area contributed by atoms with E-state index in [1.807, 2.05) is 41.3 Å². The summed E-state index contributed by atoms with van der Waals surface area (Å²) in [5.74, 6) is 0.810. The largest absolute Gasteiger partial charge is 0.490 e. The molecule has 0 bridgehead atoms. The van der Waals surface area contributed by atoms with Gasteiger partial charge in [-0.1, -0.05) is 11.6 Å². The van der Waals surface area contributed by atoms with E-state index in [0.717, 1.165) is 24.0 Å². The summed E-state index contributed by atoms with van der Waals surface area (Å²) in [5.41, 5.74) is 1.14. The second kappa shape index (κ2) is 6.76. The Balaban J connectivity index is 1.37. The number of hydrogen-bond donors (Lipinski definition) is 0. The average molecular weight is 357 g/mol. The summed E-state index contributed by atoms with van der Waals surface area (Å²) in [6, 6.07) is 11.0. The molecule has 0 saturated carbocycles. The van der Waals surface area contributed by atoms with Gasteiger partial charge in [0.1, 0.15) is 11.9 Å². The van der Waals surface area contributed by atoms with E-state index >= 15 is 0 Å². The minimum absolute atomic E-state index is 0.000503. The molecule has 3 heterocycles. The van der Waals surface area contributed by atoms with Gasteiger partial charge in [0, 0.05) is 42.5 Å². The Morgan fingerprint density at radius 1 is 1.20 bits per heavy atom. The molecule has 0 atom stereocenters. The van der Waals surface area contributed by atoms with Crippen LogP contribution in [-0.2, 0) is 0 Å². The van der Waals surface area contributed by atoms with Crippen LogP contribution in [0.4, 0.5) is 0 Å². The summed E-state index contributed by atoms with van der Waals surface area (Å²) >= 11 is 5.88. The fraction of sp³-hybridized carbons (Fsp3) is 0.263. The predicted octanol–water partition coefficient (Wildman–Crippen LogP) is 4.16. The molecule has 1 aliphatic rings. The maximum Gasteiger partial charge on any atom is 0.255 e. The number of rotatable bonds is 3. The molecule has 128 valence electrons. The van der Waals surface area contributed by atoms with E-state index in [9.17, 15) is 4.79 Å². The Morgan fingerprint density at radius 2 is 1.96 bits per heavy atom. The van der Waals surface area contributed by atoms with Gasteiger partial charge in [0.2, 0.25) is 5.71 Å². The average Bonchev–Trinajstić information content (AvgIpc) is 3.11. The van der Waals surface area contributed by atoms with Gasteiger partial charge < -0.3 is 14.1 Å². The number of ether oxygens (including phenoxy) is 1. The lowest BCUT2D eigenvalue weighted by Gasteiger charge is -2.32. The summed E-state index contributed by atoms with van der Waals surface area (Å²) in [7, 11) is 0. The topological polar surface area (TPSA) is 55.6 Å². The molecular formula is C19H17ClN2O3. The van der Waals surface area contributed by atoms with Crippen LogP contribution in [0.1, 0.15) is 23.2 Å². The highest BCUT2D eigenvalue weighted by Crippen LogP contribution is 2.22. The van der Waals surface area contributed by atoms with Crippen molar-refractivity contribution in [1.29, 1.82) is 0 Å². The minimum Gasteiger partial charge on any atom is -0.490 e. The maximum absolute atomic E-state index is 12.7. The number of hydrogen-bond acceptors (Lipinski definition) is 4. The fourth-order valence-electron chi connectivity index (χ4n) is 3.04. The first-order valence-corrected chi connectivity index (χ1v) is 8.61. The van der Waals surface area contributed by atoms with Gasteiger partial charge in [-0.3, -0.25) is 4.79 Å². The third-order valence-electron chi connectivity index (χ3n) is 4.40. The molecule has 1 aliphatic heterocycles. The van der Waals surface area contributed by atoms with Crippen LogP contribution in [0.5, 0.6) is 5.75 Å². The van der Waals surface area contributed by atoms with Crippen molar-refractivity contribution in [3.63, 3.8) is 0 Å². The van der Waals surface area contributed by atoms with E-state index in [0.29, 0.717) is 29.4 Å². The molecule has 2 aromatic heterocycles. The van der Waals surface area contributed by atoms with Crippen molar-refractivity contribution in [2.24, 2.45) is 0 Å². The molecule has 1 saturated heterocycles. The molecule has 1 aromatic carbocycles. The van der Waals surface area contributed by atoms with Gasteiger partial charge in [-0.2, -0.15) is 0 Å². The number of benzene rings is 1. The van der Waals surface area contributed by atoms with Crippen LogP contribution in [0.25, 0.3) is 11.1 Å². The van der Waals surface area contributed by atoms with Crippen molar-refractivity contribution in [2.45, 2.75) is 18.9 Å². The number of piperidine rings is 1. The van der Waals surface area contributed by atoms with Crippen LogP contribution >= 0.6 is 11.6 Å². The van der Waals surface area contributed by atoms with E-state index in [1.165, 1.54) is 0 Å². The summed E-state index contributed by atoms with van der Waals surface area (Å²) in [6.45, 7) is 1.33. The monoisotopic (exact) mass is 356 g/mol. The minimum atomic E-state index is 0.000503. The van der Waals surface area contributed by atoms with Crippen molar-refractivity contribution in [3.8, 4) is 5.75 Å². The van der Waals surface area contributed by atoms with Crippen LogP contribution in [0.15, 0.2) is 53.3 Å². The van der Waals surface area contributed by atoms with E-state index in [1.54, 1.807) is 12.5 Å². The number of amides is 1. The predicted molar refractivity (Wildman–Crippen MR) is 95.0 cm³/mol. The standard InChI is InChI=1S/C19H17ClN2O3/c20-15-1-3-16(4-2-15)25-17-5-8-22(9-6-17)19(23)14-11-13-7-10-24-18(13)21-12-14/h1-4,7,10-12,17H,5-6,8-9H2. The highest BCUT2D eigenvalue weighted by Gasteiger charge is 2.25. The van der Waals surface area contributed by atoms with Crippen LogP contribution in [0, 0.1) is 0 Å². The lowest BCUT2D eigenvalue weighted by Crippen LogP contribution is -2.41. The van der Waals surface area contributed by atoms with Crippen LogP contribution < -0.4 is 4.74 Å². The van der Waals surface area contributed by atoms with Gasteiger partial charge in [-0.05, 0) is 36.4 Å². The van der Waals surface area contributed by atoms with Gasteiger partial charge in [0.15, 0.2) is 0 Å². The first-order chi connectivity index (χ1) is 12.2. The first-order valence-electron chi connectivity index (χ1n) is 8.24. The number of pyridine rings is 1. The smallest absolute Gasteiger partial charge is 0.255 e. The SMILES string of the molecule is O=C(c1cnc2occc2c1)N1CCC(Oc2ccc(Cl)cc2)CC1. The Morgan fingerprint density at radius 3 is 2.72 bits per heavy atom. The number of likely N-dealkylation sites (tertiary alicyclic amines) is 1. The quantitative estimate of drug-likeness (QED) is 0.707. The molecule has 0 unspecified atom stereocenters. The molecule has 0 N–H and O–H groups in total. The number of fused-ring (bicyclic) bond motifs is 1. The molecule has 6 heteroatoms. The Labute approximate surface area is 150 Å². The molecule has 3 aromatic rings. The summed E-state index contributed by atoms with van der Waals surface area (Å²) in [6.07, 6.45) is 4.86. The number of carbonyl (C=O) groups excluding carboxylic acids is 1. The Bertz CT molecular complexity index is 883. The molecular weight excluding hydrogens is 340 g/mol. The zero-order valence-electron chi connectivity index (χ0n) is 13.5. The molecule has 0 spiro atoms. The van der Waals surface area contributed by atoms with Crippen LogP contribution in [0.2, 0.25) is 5.02 Å². The molecule has 5 nitrogen and oxygen atoms in total. The van der Waals surface area contributed by atoms with Crippen molar-refractivity contribution in [3.05, 3.63) is 59.4 Å². The van der Waals surface area contributed by atoms with Crippen molar-refractivity contribution < 1.29 is 13.9 Å². The number of furan rings is 1. The first kappa shape index (κ1) is 16.0. The molecule has 4 rings (SSSR count). The van der Waals surface area contributed by atoms with E-state index in [-0.39, 0.29) is 12.0 Å². The van der Waals surface area contributed by atoms with Crippen molar-refractivity contribution >= 4 is 28.6 Å². The van der Waals surface area contributed by atoms with Crippen molar-refractivity contribution in [1.82, 2.24) is 9.88 Å². The number of nitrogens with zero attached hydrogens (tertiary/aromatic N) is 2. The number of aromatic nitrogens is 1. The van der Waals surface area contributed by atoms with Crippen LogP contribution in [-0.4, -0.2) is 35.0 Å². The van der Waals surface area contributed by atoms with Crippen LogP contribution in [0.3, 0.4) is 0 Å². The molecule has 25 heavy (non-hydrogen) atoms. The zero-order chi connectivity index (χ0) is 17.2. The van der Waals surface area contributed by atoms with E-state index in [4.69, 9.17) is 20.8 Å². The highest BCUT2D eigenvalue weighted by molar-refractivity contribution is 6.30. The zero-order valence-corrected chi connectivity index (χ0v) is 14.3. The van der Waals surface area contributed by atoms with E-state index in [2.05, 4.69) is 4.98 Å². The third-order valence-corrected chi connectivity index (χ3v) is 4.65. The lowest BCUT2D eigenvalue weighted by atomic mass is 10.1. The molecule has 0 radical (unpaired) electrons. The van der Waals surface area contributed by atoms with Gasteiger partial charge in [0.25, 0.3) is 5.91 Å². The summed E-state index contributed by atoms with van der Waals surface area (Å²) in [4.78, 5) is 18.7. The number of halogens is 1. The number of carbonyl (C=O) groups is 1. The second-order valence-corrected chi connectivity index (χ2v) is 6.54. The third kappa shape index (κ3) is 3.46. The molecule has 0 aliphatic carbocycles. The maximum atomic E-state index is 12.7. The Hall–Kier alpha value is -2.53. The fourth-order valence-corrected chi connectivity index (χ4v) is 3.17. The summed E-state index contributed by atoms with van der Waals surface area (Å²) < 4.78 is 11.2. The molecule has 1 fully saturated rings. The lowest BCUT2D eigenvalue weighted by molar-refractivity contribution is 0.0595. The van der Waals surface area contributed by atoms with E-state index < -0.39 is 0 Å². The summed E-state index contributed by atoms with van der Waals surface area (Å²) in [5, 5.41) is 1.53. The molecule has 1 amide bonds. The van der Waals surface area contributed by atoms with Gasteiger partial charge >= 0.3 is 0 Å². The van der Waals surface area contributed by atoms with Crippen molar-refractivity contribution in [2.75, 3.05) is 13.1 Å². The van der Waals surface area contributed by atoms with Gasteiger partial charge in [-0.15, -0.1) is 0 Å². The Kier molecular flexibility index (Phi) is 4.32. The van der Waals surface area contributed by atoms with Gasteiger partial charge in [-0.25, -0.2) is 4.98 Å². The second-order valence-electron chi connectivity index (χ2n) is 6.10. The highest BCUT2D eigenvalue weighted by atomic mass is 35.5. The normalized spacial score (nSPS) is 15.5. The van der Waals surface area contributed by atoms with Gasteiger partial charge in [0.05, 0.1) is 11.8 Å².